The third-order valence-electron chi connectivity index (χ3n) is 1.80. The van der Waals surface area contributed by atoms with Crippen LogP contribution in [0.5, 0.6) is 0 Å². The van der Waals surface area contributed by atoms with Gasteiger partial charge in [0.15, 0.2) is 0 Å². The molecule has 0 amide bonds. The minimum Gasteiger partial charge on any atom is -0.396 e. The maximum absolute atomic E-state index is 9.24. The summed E-state index contributed by atoms with van der Waals surface area (Å²) in [5.74, 6) is 0. The summed E-state index contributed by atoms with van der Waals surface area (Å²) in [6.45, 7) is 1.70. The number of aliphatic hydroxyl groups excluding tert-OH is 4. The van der Waals surface area contributed by atoms with Gasteiger partial charge in [-0.3, -0.25) is 0 Å². The maximum atomic E-state index is 9.24. The van der Waals surface area contributed by atoms with Crippen LogP contribution in [0.25, 0.3) is 0 Å². The molecule has 0 aliphatic rings. The molecule has 4 nitrogen and oxygen atoms in total. The smallest absolute Gasteiger partial charge is 0.106 e. The Morgan fingerprint density at radius 2 is 1.50 bits per heavy atom. The van der Waals surface area contributed by atoms with E-state index in [9.17, 15) is 10.2 Å². The molecule has 0 aromatic heterocycles. The van der Waals surface area contributed by atoms with Crippen molar-refractivity contribution < 1.29 is 20.4 Å². The van der Waals surface area contributed by atoms with Crippen LogP contribution in [0.15, 0.2) is 0 Å². The molecule has 0 fully saturated rings. The Morgan fingerprint density at radius 3 is 1.92 bits per heavy atom. The molecular weight excluding hydrogens is 160 g/mol. The average molecular weight is 178 g/mol. The predicted octanol–water partition coefficient (Wildman–Crippen LogP) is -0.748. The Hall–Kier alpha value is -0.160. The molecule has 0 saturated carbocycles. The number of hydrogen-bond acceptors (Lipinski definition) is 4. The van der Waals surface area contributed by atoms with E-state index in [4.69, 9.17) is 10.2 Å². The highest BCUT2D eigenvalue weighted by atomic mass is 16.4. The highest BCUT2D eigenvalue weighted by molar-refractivity contribution is 4.74. The van der Waals surface area contributed by atoms with E-state index in [-0.39, 0.29) is 13.0 Å². The van der Waals surface area contributed by atoms with Gasteiger partial charge in [-0.25, -0.2) is 0 Å². The molecule has 4 heteroatoms. The fraction of sp³-hybridized carbons (Fsp3) is 1.00. The molecule has 0 aromatic carbocycles. The fourth-order valence-corrected chi connectivity index (χ4v) is 1.03. The van der Waals surface area contributed by atoms with Crippen LogP contribution in [0.4, 0.5) is 0 Å². The molecule has 12 heavy (non-hydrogen) atoms. The van der Waals surface area contributed by atoms with Gasteiger partial charge in [-0.2, -0.15) is 0 Å². The molecular formula is C8H18O4. The summed E-state index contributed by atoms with van der Waals surface area (Å²) >= 11 is 0. The summed E-state index contributed by atoms with van der Waals surface area (Å²) in [5.41, 5.74) is 0. The van der Waals surface area contributed by atoms with Crippen molar-refractivity contribution in [2.75, 3.05) is 6.61 Å². The Morgan fingerprint density at radius 1 is 1.00 bits per heavy atom. The second kappa shape index (κ2) is 6.37. The topological polar surface area (TPSA) is 80.9 Å². The second-order valence-corrected chi connectivity index (χ2v) is 2.93. The van der Waals surface area contributed by atoms with Gasteiger partial charge in [0.05, 0.1) is 12.2 Å². The van der Waals surface area contributed by atoms with E-state index in [1.54, 1.807) is 0 Å². The predicted molar refractivity (Wildman–Crippen MR) is 44.6 cm³/mol. The summed E-state index contributed by atoms with van der Waals surface area (Å²) in [6, 6.07) is 0. The van der Waals surface area contributed by atoms with E-state index in [0.29, 0.717) is 6.42 Å². The van der Waals surface area contributed by atoms with Crippen LogP contribution < -0.4 is 0 Å². The molecule has 0 radical (unpaired) electrons. The van der Waals surface area contributed by atoms with Crippen LogP contribution in [-0.4, -0.2) is 45.3 Å². The molecule has 0 heterocycles. The van der Waals surface area contributed by atoms with Gasteiger partial charge in [0.2, 0.25) is 0 Å². The van der Waals surface area contributed by atoms with Gasteiger partial charge in [-0.1, -0.05) is 13.3 Å². The first-order chi connectivity index (χ1) is 5.63. The van der Waals surface area contributed by atoms with Gasteiger partial charge in [-0.05, 0) is 12.8 Å². The molecule has 0 aliphatic heterocycles. The van der Waals surface area contributed by atoms with Gasteiger partial charge in [0.25, 0.3) is 0 Å². The lowest BCUT2D eigenvalue weighted by Gasteiger charge is -2.21. The monoisotopic (exact) mass is 178 g/mol. The molecule has 3 atom stereocenters. The van der Waals surface area contributed by atoms with Crippen LogP contribution in [0.2, 0.25) is 0 Å². The summed E-state index contributed by atoms with van der Waals surface area (Å²) in [5, 5.41) is 36.0. The zero-order valence-corrected chi connectivity index (χ0v) is 7.35. The highest BCUT2D eigenvalue weighted by Crippen LogP contribution is 2.08. The first-order valence-electron chi connectivity index (χ1n) is 4.28. The van der Waals surface area contributed by atoms with Crippen LogP contribution in [0.1, 0.15) is 26.2 Å². The zero-order chi connectivity index (χ0) is 9.56. The second-order valence-electron chi connectivity index (χ2n) is 2.93. The van der Waals surface area contributed by atoms with E-state index in [2.05, 4.69) is 0 Å². The molecule has 3 unspecified atom stereocenters. The minimum atomic E-state index is -1.14. The SMILES string of the molecule is CCCC(O)C(O)C(O)CCO. The summed E-state index contributed by atoms with van der Waals surface area (Å²) in [7, 11) is 0. The van der Waals surface area contributed by atoms with Crippen molar-refractivity contribution in [2.24, 2.45) is 0 Å². The fourth-order valence-electron chi connectivity index (χ4n) is 1.03. The average Bonchev–Trinajstić information content (AvgIpc) is 2.04. The normalized spacial score (nSPS) is 18.8. The molecule has 0 spiro atoms. The van der Waals surface area contributed by atoms with Gasteiger partial charge in [-0.15, -0.1) is 0 Å². The summed E-state index contributed by atoms with van der Waals surface area (Å²) < 4.78 is 0. The van der Waals surface area contributed by atoms with Gasteiger partial charge >= 0.3 is 0 Å². The van der Waals surface area contributed by atoms with Crippen molar-refractivity contribution in [1.29, 1.82) is 0 Å². The zero-order valence-electron chi connectivity index (χ0n) is 7.35. The van der Waals surface area contributed by atoms with E-state index in [1.165, 1.54) is 0 Å². The summed E-state index contributed by atoms with van der Waals surface area (Å²) in [6.07, 6.45) is -1.75. The maximum Gasteiger partial charge on any atom is 0.106 e. The van der Waals surface area contributed by atoms with Crippen LogP contribution >= 0.6 is 0 Å². The molecule has 4 N–H and O–H groups in total. The Balaban J connectivity index is 3.73. The first kappa shape index (κ1) is 11.8. The molecule has 0 aromatic rings. The lowest BCUT2D eigenvalue weighted by atomic mass is 10.0. The van der Waals surface area contributed by atoms with Crippen LogP contribution in [0.3, 0.4) is 0 Å². The van der Waals surface area contributed by atoms with Gasteiger partial charge in [0, 0.05) is 6.61 Å². The van der Waals surface area contributed by atoms with Gasteiger partial charge in [0.1, 0.15) is 6.10 Å². The van der Waals surface area contributed by atoms with Crippen molar-refractivity contribution in [2.45, 2.75) is 44.5 Å². The van der Waals surface area contributed by atoms with Gasteiger partial charge < -0.3 is 20.4 Å². The molecule has 0 bridgehead atoms. The molecule has 0 aliphatic carbocycles. The molecule has 74 valence electrons. The van der Waals surface area contributed by atoms with E-state index in [1.807, 2.05) is 6.92 Å². The number of hydrogen-bond donors (Lipinski definition) is 4. The Bertz CT molecular complexity index is 95.2. The largest absolute Gasteiger partial charge is 0.396 e. The molecule has 0 rings (SSSR count). The third-order valence-corrected chi connectivity index (χ3v) is 1.80. The summed E-state index contributed by atoms with van der Waals surface area (Å²) in [4.78, 5) is 0. The standard InChI is InChI=1S/C8H18O4/c1-2-3-6(10)8(12)7(11)4-5-9/h6-12H,2-5H2,1H3. The molecule has 0 saturated heterocycles. The van der Waals surface area contributed by atoms with Crippen LogP contribution in [0, 0.1) is 0 Å². The van der Waals surface area contributed by atoms with Crippen molar-refractivity contribution in [3.63, 3.8) is 0 Å². The van der Waals surface area contributed by atoms with E-state index >= 15 is 0 Å². The van der Waals surface area contributed by atoms with Crippen molar-refractivity contribution in [1.82, 2.24) is 0 Å². The van der Waals surface area contributed by atoms with E-state index < -0.39 is 18.3 Å². The number of rotatable bonds is 6. The van der Waals surface area contributed by atoms with Crippen molar-refractivity contribution >= 4 is 0 Å². The van der Waals surface area contributed by atoms with E-state index in [0.717, 1.165) is 6.42 Å². The third kappa shape index (κ3) is 4.01. The Labute approximate surface area is 72.5 Å². The minimum absolute atomic E-state index is 0.0991. The van der Waals surface area contributed by atoms with Crippen molar-refractivity contribution in [3.05, 3.63) is 0 Å². The van der Waals surface area contributed by atoms with Crippen molar-refractivity contribution in [3.8, 4) is 0 Å². The lowest BCUT2D eigenvalue weighted by Crippen LogP contribution is -2.37. The highest BCUT2D eigenvalue weighted by Gasteiger charge is 2.22. The van der Waals surface area contributed by atoms with Crippen LogP contribution in [-0.2, 0) is 0 Å². The quantitative estimate of drug-likeness (QED) is 0.431. The number of aliphatic hydroxyl groups is 4. The Kier molecular flexibility index (Phi) is 6.28. The first-order valence-corrected chi connectivity index (χ1v) is 4.28. The lowest BCUT2D eigenvalue weighted by molar-refractivity contribution is -0.0679.